The summed E-state index contributed by atoms with van der Waals surface area (Å²) >= 11 is 0. The third kappa shape index (κ3) is 2.64. The largest absolute Gasteiger partial charge is 0.476 e. The standard InChI is InChI=1S/C12H15N3O3/c1-15(7-8-3-2-4-8)11(16)9-5-14-10(6-13-9)12(17)18/h5-6,8H,2-4,7H2,1H3,(H,17,18). The quantitative estimate of drug-likeness (QED) is 0.862. The highest BCUT2D eigenvalue weighted by Gasteiger charge is 2.22. The predicted molar refractivity (Wildman–Crippen MR) is 63.3 cm³/mol. The molecule has 0 unspecified atom stereocenters. The first-order valence-electron chi connectivity index (χ1n) is 5.88. The fraction of sp³-hybridized carbons (Fsp3) is 0.500. The summed E-state index contributed by atoms with van der Waals surface area (Å²) in [6, 6.07) is 0. The van der Waals surface area contributed by atoms with Crippen molar-refractivity contribution in [1.29, 1.82) is 0 Å². The van der Waals surface area contributed by atoms with E-state index < -0.39 is 5.97 Å². The second-order valence-electron chi connectivity index (χ2n) is 4.57. The number of nitrogens with zero attached hydrogens (tertiary/aromatic N) is 3. The van der Waals surface area contributed by atoms with Crippen LogP contribution in [0, 0.1) is 5.92 Å². The highest BCUT2D eigenvalue weighted by molar-refractivity contribution is 5.92. The summed E-state index contributed by atoms with van der Waals surface area (Å²) in [5.74, 6) is -0.777. The molecule has 6 nitrogen and oxygen atoms in total. The Bertz CT molecular complexity index is 454. The van der Waals surface area contributed by atoms with Crippen LogP contribution in [0.25, 0.3) is 0 Å². The summed E-state index contributed by atoms with van der Waals surface area (Å²) in [5.41, 5.74) is 0.0232. The molecular formula is C12H15N3O3. The van der Waals surface area contributed by atoms with Crippen LogP contribution in [-0.4, -0.2) is 45.4 Å². The van der Waals surface area contributed by atoms with Crippen molar-refractivity contribution in [3.63, 3.8) is 0 Å². The minimum atomic E-state index is -1.15. The Labute approximate surface area is 105 Å². The lowest BCUT2D eigenvalue weighted by molar-refractivity contribution is 0.0685. The van der Waals surface area contributed by atoms with Gasteiger partial charge >= 0.3 is 5.97 Å². The average Bonchev–Trinajstić information content (AvgIpc) is 2.32. The van der Waals surface area contributed by atoms with Crippen molar-refractivity contribution in [3.8, 4) is 0 Å². The number of amides is 1. The maximum Gasteiger partial charge on any atom is 0.356 e. The Hall–Kier alpha value is -1.98. The van der Waals surface area contributed by atoms with Crippen LogP contribution in [-0.2, 0) is 0 Å². The number of aromatic carboxylic acids is 1. The topological polar surface area (TPSA) is 83.4 Å². The molecule has 96 valence electrons. The molecule has 0 spiro atoms. The number of carbonyl (C=O) groups excluding carboxylic acids is 1. The van der Waals surface area contributed by atoms with Crippen molar-refractivity contribution in [2.24, 2.45) is 5.92 Å². The van der Waals surface area contributed by atoms with Gasteiger partial charge in [-0.3, -0.25) is 4.79 Å². The molecule has 1 aliphatic rings. The van der Waals surface area contributed by atoms with Gasteiger partial charge in [0, 0.05) is 13.6 Å². The van der Waals surface area contributed by atoms with E-state index >= 15 is 0 Å². The molecular weight excluding hydrogens is 234 g/mol. The first-order chi connectivity index (χ1) is 8.58. The zero-order valence-electron chi connectivity index (χ0n) is 10.2. The monoisotopic (exact) mass is 249 g/mol. The van der Waals surface area contributed by atoms with Crippen molar-refractivity contribution in [1.82, 2.24) is 14.9 Å². The van der Waals surface area contributed by atoms with Crippen LogP contribution < -0.4 is 0 Å². The van der Waals surface area contributed by atoms with E-state index in [1.54, 1.807) is 11.9 Å². The van der Waals surface area contributed by atoms with Crippen molar-refractivity contribution < 1.29 is 14.7 Å². The van der Waals surface area contributed by atoms with Crippen LogP contribution in [0.1, 0.15) is 40.2 Å². The number of carboxylic acids is 1. The van der Waals surface area contributed by atoms with Crippen LogP contribution in [0.2, 0.25) is 0 Å². The molecule has 1 fully saturated rings. The minimum absolute atomic E-state index is 0.159. The van der Waals surface area contributed by atoms with E-state index in [2.05, 4.69) is 9.97 Å². The smallest absolute Gasteiger partial charge is 0.356 e. The molecule has 1 aliphatic carbocycles. The van der Waals surface area contributed by atoms with E-state index in [4.69, 9.17) is 5.11 Å². The molecule has 1 aromatic rings. The zero-order chi connectivity index (χ0) is 13.1. The average molecular weight is 249 g/mol. The van der Waals surface area contributed by atoms with E-state index in [1.165, 1.54) is 25.5 Å². The van der Waals surface area contributed by atoms with Gasteiger partial charge in [-0.05, 0) is 18.8 Å². The SMILES string of the molecule is CN(CC1CCC1)C(=O)c1cnc(C(=O)O)cn1. The van der Waals surface area contributed by atoms with Gasteiger partial charge in [0.05, 0.1) is 12.4 Å². The van der Waals surface area contributed by atoms with Crippen molar-refractivity contribution in [2.75, 3.05) is 13.6 Å². The molecule has 1 saturated carbocycles. The van der Waals surface area contributed by atoms with Gasteiger partial charge in [0.1, 0.15) is 5.69 Å². The molecule has 1 heterocycles. The molecule has 0 radical (unpaired) electrons. The Kier molecular flexibility index (Phi) is 3.55. The van der Waals surface area contributed by atoms with Gasteiger partial charge in [-0.2, -0.15) is 0 Å². The first kappa shape index (κ1) is 12.5. The Morgan fingerprint density at radius 2 is 1.94 bits per heavy atom. The number of hydrogen-bond acceptors (Lipinski definition) is 4. The summed E-state index contributed by atoms with van der Waals surface area (Å²) in [5, 5.41) is 8.68. The summed E-state index contributed by atoms with van der Waals surface area (Å²) < 4.78 is 0. The number of rotatable bonds is 4. The van der Waals surface area contributed by atoms with Gasteiger partial charge in [-0.1, -0.05) is 6.42 Å². The molecule has 0 saturated heterocycles. The summed E-state index contributed by atoms with van der Waals surface area (Å²) in [4.78, 5) is 31.7. The maximum absolute atomic E-state index is 12.0. The normalized spacial score (nSPS) is 14.9. The molecule has 18 heavy (non-hydrogen) atoms. The van der Waals surface area contributed by atoms with E-state index in [0.717, 1.165) is 12.7 Å². The molecule has 2 rings (SSSR count). The van der Waals surface area contributed by atoms with Gasteiger partial charge in [-0.25, -0.2) is 14.8 Å². The summed E-state index contributed by atoms with van der Waals surface area (Å²) in [6.07, 6.45) is 5.89. The molecule has 0 aliphatic heterocycles. The lowest BCUT2D eigenvalue weighted by atomic mass is 9.85. The fourth-order valence-electron chi connectivity index (χ4n) is 1.89. The minimum Gasteiger partial charge on any atom is -0.476 e. The molecule has 0 bridgehead atoms. The summed E-state index contributed by atoms with van der Waals surface area (Å²) in [6.45, 7) is 0.723. The number of aromatic nitrogens is 2. The van der Waals surface area contributed by atoms with E-state index in [0.29, 0.717) is 5.92 Å². The lowest BCUT2D eigenvalue weighted by Crippen LogP contribution is -2.34. The molecule has 1 amide bonds. The van der Waals surface area contributed by atoms with Crippen molar-refractivity contribution >= 4 is 11.9 Å². The Balaban J connectivity index is 2.00. The summed E-state index contributed by atoms with van der Waals surface area (Å²) in [7, 11) is 1.73. The number of hydrogen-bond donors (Lipinski definition) is 1. The van der Waals surface area contributed by atoms with Crippen LogP contribution in [0.5, 0.6) is 0 Å². The lowest BCUT2D eigenvalue weighted by Gasteiger charge is -2.29. The van der Waals surface area contributed by atoms with Crippen molar-refractivity contribution in [3.05, 3.63) is 23.8 Å². The molecule has 1 N–H and O–H groups in total. The van der Waals surface area contributed by atoms with E-state index in [9.17, 15) is 9.59 Å². The van der Waals surface area contributed by atoms with Gasteiger partial charge in [0.15, 0.2) is 5.69 Å². The molecule has 1 aromatic heterocycles. The van der Waals surface area contributed by atoms with Crippen molar-refractivity contribution in [2.45, 2.75) is 19.3 Å². The molecule has 0 aromatic carbocycles. The van der Waals surface area contributed by atoms with Crippen LogP contribution in [0.4, 0.5) is 0 Å². The third-order valence-corrected chi connectivity index (χ3v) is 3.19. The van der Waals surface area contributed by atoms with Gasteiger partial charge < -0.3 is 10.0 Å². The fourth-order valence-corrected chi connectivity index (χ4v) is 1.89. The Morgan fingerprint density at radius 1 is 1.33 bits per heavy atom. The van der Waals surface area contributed by atoms with Gasteiger partial charge in [0.2, 0.25) is 0 Å². The zero-order valence-corrected chi connectivity index (χ0v) is 10.2. The second kappa shape index (κ2) is 5.12. The molecule has 6 heteroatoms. The van der Waals surface area contributed by atoms with Crippen LogP contribution in [0.3, 0.4) is 0 Å². The second-order valence-corrected chi connectivity index (χ2v) is 4.57. The van der Waals surface area contributed by atoms with Crippen LogP contribution >= 0.6 is 0 Å². The van der Waals surface area contributed by atoms with Gasteiger partial charge in [0.25, 0.3) is 5.91 Å². The highest BCUT2D eigenvalue weighted by atomic mass is 16.4. The highest BCUT2D eigenvalue weighted by Crippen LogP contribution is 2.26. The molecule has 0 atom stereocenters. The number of carbonyl (C=O) groups is 2. The number of carboxylic acid groups (broad SMARTS) is 1. The first-order valence-corrected chi connectivity index (χ1v) is 5.88. The predicted octanol–water partition coefficient (Wildman–Crippen LogP) is 1.05. The van der Waals surface area contributed by atoms with Gasteiger partial charge in [-0.15, -0.1) is 0 Å². The third-order valence-electron chi connectivity index (χ3n) is 3.19. The van der Waals surface area contributed by atoms with E-state index in [1.807, 2.05) is 0 Å². The van der Waals surface area contributed by atoms with Crippen LogP contribution in [0.15, 0.2) is 12.4 Å². The maximum atomic E-state index is 12.0. The van der Waals surface area contributed by atoms with E-state index in [-0.39, 0.29) is 17.3 Å². The Morgan fingerprint density at radius 3 is 2.39 bits per heavy atom.